The zero-order valence-electron chi connectivity index (χ0n) is 14.6. The van der Waals surface area contributed by atoms with Gasteiger partial charge in [-0.15, -0.1) is 11.3 Å². The molecule has 2 N–H and O–H groups in total. The molecule has 1 heterocycles. The Morgan fingerprint density at radius 3 is 2.38 bits per heavy atom. The molecule has 1 aromatic heterocycles. The van der Waals surface area contributed by atoms with E-state index in [0.717, 1.165) is 22.8 Å². The van der Waals surface area contributed by atoms with E-state index in [4.69, 9.17) is 10.1 Å². The second kappa shape index (κ2) is 5.88. The summed E-state index contributed by atoms with van der Waals surface area (Å²) < 4.78 is 0. The van der Waals surface area contributed by atoms with Crippen LogP contribution in [0, 0.1) is 0 Å². The van der Waals surface area contributed by atoms with Crippen molar-refractivity contribution in [1.29, 1.82) is 0 Å². The van der Waals surface area contributed by atoms with Gasteiger partial charge in [-0.1, -0.05) is 39.8 Å². The third kappa shape index (κ3) is 3.31. The number of nitrogens with zero attached hydrogens (tertiary/aromatic N) is 1. The van der Waals surface area contributed by atoms with E-state index in [2.05, 4.69) is 33.0 Å². The van der Waals surface area contributed by atoms with Crippen LogP contribution in [-0.2, 0) is 22.0 Å². The molecule has 3 rings (SSSR count). The van der Waals surface area contributed by atoms with Crippen LogP contribution in [-0.4, -0.2) is 16.1 Å². The maximum absolute atomic E-state index is 10.8. The van der Waals surface area contributed by atoms with Gasteiger partial charge in [-0.2, -0.15) is 0 Å². The molecule has 24 heavy (non-hydrogen) atoms. The first-order valence-electron chi connectivity index (χ1n) is 8.27. The smallest absolute Gasteiger partial charge is 0.307 e. The van der Waals surface area contributed by atoms with Gasteiger partial charge in [0.05, 0.1) is 12.1 Å². The number of carboxylic acid groups (broad SMARTS) is 1. The van der Waals surface area contributed by atoms with Crippen molar-refractivity contribution in [1.82, 2.24) is 4.98 Å². The maximum Gasteiger partial charge on any atom is 0.307 e. The molecule has 0 unspecified atom stereocenters. The standard InChI is InChI=1S/C19H24N2O2S/c1-18(2)9-10-19(3,4)16-15(18)21-17(24-16)20-13-7-5-12(6-8-13)11-14(22)23/h5-8H,9-11H2,1-4H3,(H,20,21)(H,22,23). The van der Waals surface area contributed by atoms with Crippen LogP contribution in [0.25, 0.3) is 0 Å². The predicted octanol–water partition coefficient (Wildman–Crippen LogP) is 4.86. The Morgan fingerprint density at radius 1 is 1.17 bits per heavy atom. The summed E-state index contributed by atoms with van der Waals surface area (Å²) in [6.07, 6.45) is 2.38. The third-order valence-electron chi connectivity index (χ3n) is 4.82. The molecule has 0 amide bonds. The molecule has 0 saturated carbocycles. The van der Waals surface area contributed by atoms with Gasteiger partial charge < -0.3 is 10.4 Å². The summed E-state index contributed by atoms with van der Waals surface area (Å²) in [5.74, 6) is -0.812. The number of carboxylic acids is 1. The highest BCUT2D eigenvalue weighted by Gasteiger charge is 2.40. The average Bonchev–Trinajstić information content (AvgIpc) is 2.92. The monoisotopic (exact) mass is 344 g/mol. The lowest BCUT2D eigenvalue weighted by molar-refractivity contribution is -0.136. The molecule has 1 aliphatic carbocycles. The first kappa shape index (κ1) is 17.0. The molecular weight excluding hydrogens is 320 g/mol. The van der Waals surface area contributed by atoms with Crippen molar-refractivity contribution in [3.8, 4) is 0 Å². The van der Waals surface area contributed by atoms with Crippen LogP contribution in [0.15, 0.2) is 24.3 Å². The van der Waals surface area contributed by atoms with E-state index >= 15 is 0 Å². The Morgan fingerprint density at radius 2 is 1.79 bits per heavy atom. The van der Waals surface area contributed by atoms with Crippen molar-refractivity contribution in [2.24, 2.45) is 0 Å². The molecule has 0 spiro atoms. The minimum atomic E-state index is -0.812. The molecule has 0 aliphatic heterocycles. The molecule has 128 valence electrons. The van der Waals surface area contributed by atoms with Crippen molar-refractivity contribution in [3.05, 3.63) is 40.4 Å². The summed E-state index contributed by atoms with van der Waals surface area (Å²) in [4.78, 5) is 17.0. The third-order valence-corrected chi connectivity index (χ3v) is 6.16. The molecule has 4 nitrogen and oxygen atoms in total. The second-order valence-electron chi connectivity index (χ2n) is 7.86. The van der Waals surface area contributed by atoms with Crippen LogP contribution < -0.4 is 5.32 Å². The first-order chi connectivity index (χ1) is 11.2. The van der Waals surface area contributed by atoms with Gasteiger partial charge in [0.15, 0.2) is 5.13 Å². The lowest BCUT2D eigenvalue weighted by Crippen LogP contribution is -2.32. The maximum atomic E-state index is 10.8. The van der Waals surface area contributed by atoms with Crippen LogP contribution in [0.5, 0.6) is 0 Å². The number of thiazole rings is 1. The first-order valence-corrected chi connectivity index (χ1v) is 9.09. The van der Waals surface area contributed by atoms with E-state index < -0.39 is 5.97 Å². The van der Waals surface area contributed by atoms with Crippen LogP contribution in [0.2, 0.25) is 0 Å². The lowest BCUT2D eigenvalue weighted by Gasteiger charge is -2.37. The summed E-state index contributed by atoms with van der Waals surface area (Å²) in [6.45, 7) is 9.13. The Balaban J connectivity index is 1.84. The predicted molar refractivity (Wildman–Crippen MR) is 98.5 cm³/mol. The van der Waals surface area contributed by atoms with E-state index in [1.165, 1.54) is 17.0 Å². The van der Waals surface area contributed by atoms with Gasteiger partial charge in [-0.3, -0.25) is 4.79 Å². The van der Waals surface area contributed by atoms with E-state index in [1.54, 1.807) is 11.3 Å². The number of hydrogen-bond donors (Lipinski definition) is 2. The van der Waals surface area contributed by atoms with E-state index in [1.807, 2.05) is 24.3 Å². The zero-order valence-corrected chi connectivity index (χ0v) is 15.5. The van der Waals surface area contributed by atoms with E-state index in [0.29, 0.717) is 0 Å². The van der Waals surface area contributed by atoms with Crippen molar-refractivity contribution in [2.75, 3.05) is 5.32 Å². The quantitative estimate of drug-likeness (QED) is 0.831. The topological polar surface area (TPSA) is 62.2 Å². The molecule has 1 aliphatic rings. The number of aliphatic carboxylic acids is 1. The number of rotatable bonds is 4. The number of benzene rings is 1. The highest BCUT2D eigenvalue weighted by Crippen LogP contribution is 2.49. The molecule has 2 aromatic rings. The van der Waals surface area contributed by atoms with E-state index in [-0.39, 0.29) is 17.3 Å². The van der Waals surface area contributed by atoms with E-state index in [9.17, 15) is 4.79 Å². The van der Waals surface area contributed by atoms with Gasteiger partial charge in [0.1, 0.15) is 0 Å². The van der Waals surface area contributed by atoms with Gasteiger partial charge >= 0.3 is 5.97 Å². The largest absolute Gasteiger partial charge is 0.481 e. The summed E-state index contributed by atoms with van der Waals surface area (Å²) in [5, 5.41) is 13.1. The molecule has 0 saturated heterocycles. The van der Waals surface area contributed by atoms with Crippen molar-refractivity contribution in [3.63, 3.8) is 0 Å². The average molecular weight is 344 g/mol. The normalized spacial score (nSPS) is 18.0. The number of hydrogen-bond acceptors (Lipinski definition) is 4. The molecule has 5 heteroatoms. The van der Waals surface area contributed by atoms with Gasteiger partial charge in [-0.25, -0.2) is 4.98 Å². The Labute approximate surface area is 146 Å². The number of carbonyl (C=O) groups is 1. The number of nitrogens with one attached hydrogen (secondary N) is 1. The van der Waals surface area contributed by atoms with Gasteiger partial charge in [0.25, 0.3) is 0 Å². The SMILES string of the molecule is CC1(C)CCC(C)(C)c2sc(Nc3ccc(CC(=O)O)cc3)nc21. The fourth-order valence-electron chi connectivity index (χ4n) is 3.15. The molecular formula is C19H24N2O2S. The van der Waals surface area contributed by atoms with Gasteiger partial charge in [0, 0.05) is 21.4 Å². The van der Waals surface area contributed by atoms with Gasteiger partial charge in [-0.05, 0) is 30.5 Å². The van der Waals surface area contributed by atoms with Crippen LogP contribution >= 0.6 is 11.3 Å². The fraction of sp³-hybridized carbons (Fsp3) is 0.474. The minimum Gasteiger partial charge on any atom is -0.481 e. The summed E-state index contributed by atoms with van der Waals surface area (Å²) in [7, 11) is 0. The second-order valence-corrected chi connectivity index (χ2v) is 8.86. The van der Waals surface area contributed by atoms with Crippen molar-refractivity contribution >= 4 is 28.1 Å². The van der Waals surface area contributed by atoms with Crippen molar-refractivity contribution < 1.29 is 9.90 Å². The zero-order chi connectivity index (χ0) is 17.5. The Hall–Kier alpha value is -1.88. The number of fused-ring (bicyclic) bond motifs is 1. The van der Waals surface area contributed by atoms with Gasteiger partial charge in [0.2, 0.25) is 0 Å². The van der Waals surface area contributed by atoms with Crippen LogP contribution in [0.4, 0.5) is 10.8 Å². The summed E-state index contributed by atoms with van der Waals surface area (Å²) in [5.41, 5.74) is 3.24. The summed E-state index contributed by atoms with van der Waals surface area (Å²) in [6, 6.07) is 7.51. The Kier molecular flexibility index (Phi) is 4.16. The minimum absolute atomic E-state index is 0.0498. The number of anilines is 2. The van der Waals surface area contributed by atoms with Crippen LogP contribution in [0.1, 0.15) is 56.7 Å². The highest BCUT2D eigenvalue weighted by molar-refractivity contribution is 7.16. The highest BCUT2D eigenvalue weighted by atomic mass is 32.1. The fourth-order valence-corrected chi connectivity index (χ4v) is 4.45. The molecule has 0 fully saturated rings. The number of aromatic nitrogens is 1. The Bertz CT molecular complexity index is 727. The molecule has 0 bridgehead atoms. The molecule has 0 radical (unpaired) electrons. The van der Waals surface area contributed by atoms with Crippen molar-refractivity contribution in [2.45, 2.75) is 57.8 Å². The lowest BCUT2D eigenvalue weighted by atomic mass is 9.69. The van der Waals surface area contributed by atoms with Crippen LogP contribution in [0.3, 0.4) is 0 Å². The molecule has 1 aromatic carbocycles. The summed E-state index contributed by atoms with van der Waals surface area (Å²) >= 11 is 1.74. The molecule has 0 atom stereocenters.